The van der Waals surface area contributed by atoms with E-state index in [1.165, 1.54) is 6.08 Å². The standard InChI is InChI=1S/C21H28O10/c1-9-3-5-12-10(2)19(27)29-14(12)7-11(4-6-13(9)23)20(28)31-21-18(26)17(25)16(24)15(8-22)30-21/h3-4,12-18,21-26H,2,5-8H2,1H3/b9-3+,11-4-/t12-,13+,14+,15-,16-,17+,18-,21+/m1/s1. The lowest BCUT2D eigenvalue weighted by Gasteiger charge is -2.39. The van der Waals surface area contributed by atoms with Gasteiger partial charge in [-0.15, -0.1) is 0 Å². The van der Waals surface area contributed by atoms with Gasteiger partial charge in [-0.3, -0.25) is 0 Å². The van der Waals surface area contributed by atoms with Crippen molar-refractivity contribution in [1.82, 2.24) is 0 Å². The van der Waals surface area contributed by atoms with Crippen LogP contribution < -0.4 is 0 Å². The fourth-order valence-electron chi connectivity index (χ4n) is 3.85. The lowest BCUT2D eigenvalue weighted by Crippen LogP contribution is -2.59. The molecule has 10 nitrogen and oxygen atoms in total. The van der Waals surface area contributed by atoms with E-state index in [9.17, 15) is 35.1 Å². The first-order chi connectivity index (χ1) is 14.6. The first kappa shape index (κ1) is 23.6. The fourth-order valence-corrected chi connectivity index (χ4v) is 3.85. The first-order valence-corrected chi connectivity index (χ1v) is 10.1. The molecule has 1 aliphatic carbocycles. The molecule has 8 atom stereocenters. The Balaban J connectivity index is 1.81. The highest BCUT2D eigenvalue weighted by atomic mass is 16.7. The molecule has 0 aromatic carbocycles. The molecule has 172 valence electrons. The molecule has 0 unspecified atom stereocenters. The third-order valence-corrected chi connectivity index (χ3v) is 5.98. The Labute approximate surface area is 179 Å². The van der Waals surface area contributed by atoms with Gasteiger partial charge >= 0.3 is 11.9 Å². The number of carbonyl (C=O) groups is 2. The van der Waals surface area contributed by atoms with Crippen LogP contribution in [-0.4, -0.2) is 87.0 Å². The molecule has 0 amide bonds. The average molecular weight is 440 g/mol. The van der Waals surface area contributed by atoms with Crippen LogP contribution in [0.2, 0.25) is 0 Å². The summed E-state index contributed by atoms with van der Waals surface area (Å²) in [6, 6.07) is 0. The van der Waals surface area contributed by atoms with Gasteiger partial charge in [0.2, 0.25) is 6.29 Å². The Morgan fingerprint density at radius 2 is 1.87 bits per heavy atom. The Kier molecular flexibility index (Phi) is 7.30. The number of fused-ring (bicyclic) bond motifs is 1. The van der Waals surface area contributed by atoms with Crippen LogP contribution in [-0.2, 0) is 23.8 Å². The van der Waals surface area contributed by atoms with Crippen molar-refractivity contribution in [2.45, 2.75) is 69.1 Å². The summed E-state index contributed by atoms with van der Waals surface area (Å²) >= 11 is 0. The largest absolute Gasteiger partial charge is 0.458 e. The maximum atomic E-state index is 12.9. The molecule has 2 heterocycles. The second-order valence-corrected chi connectivity index (χ2v) is 8.05. The maximum Gasteiger partial charge on any atom is 0.336 e. The molecule has 0 aromatic rings. The molecule has 10 heteroatoms. The molecule has 0 radical (unpaired) electrons. The highest BCUT2D eigenvalue weighted by Crippen LogP contribution is 2.35. The third-order valence-electron chi connectivity index (χ3n) is 5.98. The summed E-state index contributed by atoms with van der Waals surface area (Å²) in [5.41, 5.74) is 1.04. The normalized spacial score (nSPS) is 42.5. The number of esters is 2. The van der Waals surface area contributed by atoms with E-state index in [4.69, 9.17) is 14.2 Å². The van der Waals surface area contributed by atoms with E-state index in [0.29, 0.717) is 12.0 Å². The highest BCUT2D eigenvalue weighted by molar-refractivity contribution is 5.92. The molecule has 2 saturated heterocycles. The Morgan fingerprint density at radius 3 is 2.55 bits per heavy atom. The third kappa shape index (κ3) is 4.89. The van der Waals surface area contributed by atoms with Crippen LogP contribution in [0.15, 0.2) is 35.5 Å². The van der Waals surface area contributed by atoms with Crippen LogP contribution in [0.3, 0.4) is 0 Å². The van der Waals surface area contributed by atoms with Gasteiger partial charge in [0.15, 0.2) is 0 Å². The number of hydrogen-bond acceptors (Lipinski definition) is 10. The topological polar surface area (TPSA) is 163 Å². The van der Waals surface area contributed by atoms with Gasteiger partial charge < -0.3 is 39.7 Å². The smallest absolute Gasteiger partial charge is 0.336 e. The minimum atomic E-state index is -1.74. The maximum absolute atomic E-state index is 12.9. The molecule has 2 fully saturated rings. The van der Waals surface area contributed by atoms with E-state index in [0.717, 1.165) is 0 Å². The molecule has 3 aliphatic rings. The number of carbonyl (C=O) groups excluding carboxylic acids is 2. The Bertz CT molecular complexity index is 785. The summed E-state index contributed by atoms with van der Waals surface area (Å²) in [5.74, 6) is -1.84. The quantitative estimate of drug-likeness (QED) is 0.206. The summed E-state index contributed by atoms with van der Waals surface area (Å²) in [6.07, 6.45) is -5.61. The second kappa shape index (κ2) is 9.60. The minimum Gasteiger partial charge on any atom is -0.458 e. The van der Waals surface area contributed by atoms with Crippen LogP contribution in [0, 0.1) is 5.92 Å². The van der Waals surface area contributed by atoms with Gasteiger partial charge in [-0.05, 0) is 25.3 Å². The van der Waals surface area contributed by atoms with Crippen LogP contribution in [0.4, 0.5) is 0 Å². The predicted octanol–water partition coefficient (Wildman–Crippen LogP) is -1.16. The molecular weight excluding hydrogens is 412 g/mol. The van der Waals surface area contributed by atoms with E-state index in [2.05, 4.69) is 6.58 Å². The molecule has 0 aromatic heterocycles. The number of rotatable bonds is 3. The SMILES string of the molecule is C=C1C(=O)O[C@H]2C/C(C(=O)O[C@@H]3O[C@H](CO)[C@@H](O)[C@H](O)[C@H]3O)=C/C[C@H](O)/C(C)=C/C[C@H]12. The van der Waals surface area contributed by atoms with Gasteiger partial charge in [0, 0.05) is 23.5 Å². The van der Waals surface area contributed by atoms with Crippen molar-refractivity contribution in [3.63, 3.8) is 0 Å². The van der Waals surface area contributed by atoms with E-state index in [-0.39, 0.29) is 29.9 Å². The predicted molar refractivity (Wildman–Crippen MR) is 104 cm³/mol. The number of aliphatic hydroxyl groups excluding tert-OH is 5. The summed E-state index contributed by atoms with van der Waals surface area (Å²) < 4.78 is 15.8. The van der Waals surface area contributed by atoms with E-state index >= 15 is 0 Å². The molecule has 0 saturated carbocycles. The van der Waals surface area contributed by atoms with Crippen molar-refractivity contribution >= 4 is 11.9 Å². The highest BCUT2D eigenvalue weighted by Gasteiger charge is 2.46. The van der Waals surface area contributed by atoms with Crippen LogP contribution in [0.5, 0.6) is 0 Å². The average Bonchev–Trinajstić information content (AvgIpc) is 3.01. The fraction of sp³-hybridized carbons (Fsp3) is 0.619. The molecule has 5 N–H and O–H groups in total. The van der Waals surface area contributed by atoms with Crippen LogP contribution in [0.25, 0.3) is 0 Å². The van der Waals surface area contributed by atoms with Gasteiger partial charge in [-0.25, -0.2) is 9.59 Å². The van der Waals surface area contributed by atoms with Crippen molar-refractivity contribution in [2.75, 3.05) is 6.61 Å². The van der Waals surface area contributed by atoms with Crippen molar-refractivity contribution in [3.05, 3.63) is 35.5 Å². The van der Waals surface area contributed by atoms with Crippen molar-refractivity contribution < 1.29 is 49.3 Å². The number of aliphatic hydroxyl groups is 5. The molecule has 0 spiro atoms. The summed E-state index contributed by atoms with van der Waals surface area (Å²) in [7, 11) is 0. The first-order valence-electron chi connectivity index (χ1n) is 10.1. The van der Waals surface area contributed by atoms with Crippen LogP contribution in [0.1, 0.15) is 26.2 Å². The molecule has 31 heavy (non-hydrogen) atoms. The van der Waals surface area contributed by atoms with Gasteiger partial charge in [0.05, 0.1) is 12.7 Å². The van der Waals surface area contributed by atoms with Gasteiger partial charge in [-0.1, -0.05) is 18.7 Å². The van der Waals surface area contributed by atoms with E-state index < -0.39 is 61.5 Å². The molecular formula is C21H28O10. The monoisotopic (exact) mass is 440 g/mol. The van der Waals surface area contributed by atoms with Crippen molar-refractivity contribution in [3.8, 4) is 0 Å². The lowest BCUT2D eigenvalue weighted by molar-refractivity contribution is -0.291. The zero-order chi connectivity index (χ0) is 22.9. The molecule has 2 aliphatic heterocycles. The second-order valence-electron chi connectivity index (χ2n) is 8.05. The van der Waals surface area contributed by atoms with Gasteiger partial charge in [-0.2, -0.15) is 0 Å². The number of allylic oxidation sites excluding steroid dienone is 1. The van der Waals surface area contributed by atoms with Crippen molar-refractivity contribution in [1.29, 1.82) is 0 Å². The minimum absolute atomic E-state index is 0.00864. The van der Waals surface area contributed by atoms with E-state index in [1.54, 1.807) is 6.92 Å². The Hall–Kier alpha value is -2.08. The summed E-state index contributed by atoms with van der Waals surface area (Å²) in [6.45, 7) is 4.84. The lowest BCUT2D eigenvalue weighted by atomic mass is 9.87. The Morgan fingerprint density at radius 1 is 1.16 bits per heavy atom. The summed E-state index contributed by atoms with van der Waals surface area (Å²) in [5, 5.41) is 49.4. The van der Waals surface area contributed by atoms with E-state index in [1.807, 2.05) is 6.08 Å². The van der Waals surface area contributed by atoms with Crippen molar-refractivity contribution in [2.24, 2.45) is 5.92 Å². The molecule has 0 bridgehead atoms. The van der Waals surface area contributed by atoms with Crippen LogP contribution >= 0.6 is 0 Å². The number of ether oxygens (including phenoxy) is 3. The van der Waals surface area contributed by atoms with Gasteiger partial charge in [0.25, 0.3) is 0 Å². The summed E-state index contributed by atoms with van der Waals surface area (Å²) in [4.78, 5) is 24.9. The molecule has 3 rings (SSSR count). The number of hydrogen-bond donors (Lipinski definition) is 5. The zero-order valence-corrected chi connectivity index (χ0v) is 17.1. The zero-order valence-electron chi connectivity index (χ0n) is 17.1. The van der Waals surface area contributed by atoms with Gasteiger partial charge in [0.1, 0.15) is 30.5 Å².